The van der Waals surface area contributed by atoms with Crippen molar-refractivity contribution in [1.82, 2.24) is 29.5 Å². The number of aryl methyl sites for hydroxylation is 1. The number of pyridine rings is 1. The van der Waals surface area contributed by atoms with E-state index < -0.39 is 6.43 Å². The molecule has 0 saturated carbocycles. The molecule has 4 heterocycles. The van der Waals surface area contributed by atoms with Crippen molar-refractivity contribution in [3.63, 3.8) is 0 Å². The van der Waals surface area contributed by atoms with Crippen molar-refractivity contribution in [2.24, 2.45) is 5.92 Å². The van der Waals surface area contributed by atoms with Crippen LogP contribution in [-0.4, -0.2) is 48.5 Å². The Kier molecular flexibility index (Phi) is 5.16. The second-order valence-electron chi connectivity index (χ2n) is 7.32. The summed E-state index contributed by atoms with van der Waals surface area (Å²) in [5.74, 6) is -0.0461. The van der Waals surface area contributed by atoms with Crippen molar-refractivity contribution < 1.29 is 13.6 Å². The minimum Gasteiger partial charge on any atom is -0.338 e. The maximum Gasteiger partial charge on any atom is 0.280 e. The number of carbonyl (C=O) groups is 1. The second-order valence-corrected chi connectivity index (χ2v) is 7.71. The normalized spacial score (nSPS) is 19.9. The predicted molar refractivity (Wildman–Crippen MR) is 102 cm³/mol. The Balaban J connectivity index is 1.69. The van der Waals surface area contributed by atoms with Gasteiger partial charge in [0.1, 0.15) is 17.2 Å². The molecule has 29 heavy (non-hydrogen) atoms. The van der Waals surface area contributed by atoms with Gasteiger partial charge < -0.3 is 4.90 Å². The van der Waals surface area contributed by atoms with E-state index in [9.17, 15) is 13.6 Å². The summed E-state index contributed by atoms with van der Waals surface area (Å²) >= 11 is 6.00. The first kappa shape index (κ1) is 19.6. The molecule has 0 unspecified atom stereocenters. The van der Waals surface area contributed by atoms with Gasteiger partial charge in [0.15, 0.2) is 0 Å². The van der Waals surface area contributed by atoms with Crippen LogP contribution in [0.25, 0.3) is 5.78 Å². The van der Waals surface area contributed by atoms with E-state index in [1.165, 1.54) is 16.9 Å². The third-order valence-corrected chi connectivity index (χ3v) is 5.51. The molecule has 0 radical (unpaired) electrons. The molecule has 0 bridgehead atoms. The van der Waals surface area contributed by atoms with Crippen molar-refractivity contribution in [3.05, 3.63) is 52.3 Å². The highest BCUT2D eigenvalue weighted by atomic mass is 35.5. The van der Waals surface area contributed by atoms with Gasteiger partial charge in [-0.3, -0.25) is 4.79 Å². The quantitative estimate of drug-likeness (QED) is 0.604. The highest BCUT2D eigenvalue weighted by Gasteiger charge is 2.33. The molecule has 10 heteroatoms. The molecule has 7 nitrogen and oxygen atoms in total. The van der Waals surface area contributed by atoms with Gasteiger partial charge in [-0.05, 0) is 37.5 Å². The van der Waals surface area contributed by atoms with Crippen LogP contribution >= 0.6 is 11.6 Å². The molecule has 2 atom stereocenters. The Morgan fingerprint density at radius 3 is 2.79 bits per heavy atom. The van der Waals surface area contributed by atoms with Gasteiger partial charge in [-0.2, -0.15) is 10.1 Å². The van der Waals surface area contributed by atoms with E-state index in [0.717, 1.165) is 6.42 Å². The Hall–Kier alpha value is -2.68. The fourth-order valence-corrected chi connectivity index (χ4v) is 4.05. The lowest BCUT2D eigenvalue weighted by Gasteiger charge is -2.37. The lowest BCUT2D eigenvalue weighted by Crippen LogP contribution is -2.42. The van der Waals surface area contributed by atoms with Crippen molar-refractivity contribution in [2.75, 3.05) is 13.1 Å². The number of aromatic nitrogens is 5. The molecule has 4 rings (SSSR count). The predicted octanol–water partition coefficient (Wildman–Crippen LogP) is 3.68. The summed E-state index contributed by atoms with van der Waals surface area (Å²) in [6, 6.07) is 4.61. The molecule has 0 aromatic carbocycles. The fourth-order valence-electron chi connectivity index (χ4n) is 3.80. The lowest BCUT2D eigenvalue weighted by atomic mass is 9.84. The molecule has 152 valence electrons. The number of fused-ring (bicyclic) bond motifs is 1. The monoisotopic (exact) mass is 420 g/mol. The largest absolute Gasteiger partial charge is 0.338 e. The Morgan fingerprint density at radius 1 is 1.28 bits per heavy atom. The zero-order valence-electron chi connectivity index (χ0n) is 15.9. The molecule has 1 aliphatic heterocycles. The summed E-state index contributed by atoms with van der Waals surface area (Å²) in [5, 5.41) is 4.41. The zero-order chi connectivity index (χ0) is 20.7. The van der Waals surface area contributed by atoms with E-state index in [4.69, 9.17) is 11.6 Å². The molecule has 1 saturated heterocycles. The Morgan fingerprint density at radius 2 is 2.07 bits per heavy atom. The summed E-state index contributed by atoms with van der Waals surface area (Å²) in [6.45, 7) is 4.77. The average molecular weight is 421 g/mol. The molecule has 0 spiro atoms. The maximum absolute atomic E-state index is 13.3. The minimum atomic E-state index is -2.71. The van der Waals surface area contributed by atoms with Crippen LogP contribution in [0.3, 0.4) is 0 Å². The highest BCUT2D eigenvalue weighted by molar-refractivity contribution is 6.29. The van der Waals surface area contributed by atoms with Crippen LogP contribution in [0.5, 0.6) is 0 Å². The van der Waals surface area contributed by atoms with Crippen molar-refractivity contribution >= 4 is 23.3 Å². The van der Waals surface area contributed by atoms with Crippen LogP contribution in [-0.2, 0) is 0 Å². The molecule has 1 fully saturated rings. The number of hydrogen-bond acceptors (Lipinski definition) is 5. The second kappa shape index (κ2) is 7.62. The van der Waals surface area contributed by atoms with Crippen molar-refractivity contribution in [1.29, 1.82) is 0 Å². The maximum atomic E-state index is 13.3. The minimum absolute atomic E-state index is 0.130. The van der Waals surface area contributed by atoms with Gasteiger partial charge in [-0.15, -0.1) is 0 Å². The summed E-state index contributed by atoms with van der Waals surface area (Å²) in [7, 11) is 0. The van der Waals surface area contributed by atoms with Crippen LogP contribution < -0.4 is 0 Å². The van der Waals surface area contributed by atoms with E-state index >= 15 is 0 Å². The number of piperidine rings is 1. The number of halogens is 3. The topological polar surface area (TPSA) is 76.3 Å². The van der Waals surface area contributed by atoms with Gasteiger partial charge in [0.2, 0.25) is 0 Å². The molecule has 0 aliphatic carbocycles. The number of alkyl halides is 2. The van der Waals surface area contributed by atoms with E-state index in [-0.39, 0.29) is 34.4 Å². The van der Waals surface area contributed by atoms with Gasteiger partial charge in [-0.25, -0.2) is 23.3 Å². The number of likely N-dealkylation sites (tertiary alicyclic amines) is 1. The van der Waals surface area contributed by atoms with Gasteiger partial charge in [0.25, 0.3) is 18.1 Å². The van der Waals surface area contributed by atoms with Crippen LogP contribution in [0.1, 0.15) is 53.1 Å². The number of amides is 1. The Bertz CT molecular complexity index is 1050. The number of hydrogen-bond donors (Lipinski definition) is 0. The molecular weight excluding hydrogens is 402 g/mol. The molecule has 1 amide bonds. The smallest absolute Gasteiger partial charge is 0.280 e. The third-order valence-electron chi connectivity index (χ3n) is 5.32. The number of rotatable bonds is 3. The van der Waals surface area contributed by atoms with E-state index in [1.54, 1.807) is 24.0 Å². The van der Waals surface area contributed by atoms with E-state index in [1.807, 2.05) is 6.92 Å². The van der Waals surface area contributed by atoms with E-state index in [2.05, 4.69) is 20.1 Å². The molecular formula is C19H19ClF2N6O. The first-order valence-corrected chi connectivity index (χ1v) is 9.63. The summed E-state index contributed by atoms with van der Waals surface area (Å²) in [5.41, 5.74) is 1.36. The van der Waals surface area contributed by atoms with Crippen molar-refractivity contribution in [3.8, 4) is 0 Å². The molecule has 3 aromatic heterocycles. The van der Waals surface area contributed by atoms with E-state index in [0.29, 0.717) is 30.0 Å². The molecule has 3 aromatic rings. The van der Waals surface area contributed by atoms with Crippen LogP contribution in [0.15, 0.2) is 24.5 Å². The fraction of sp³-hybridized carbons (Fsp3) is 0.421. The zero-order valence-corrected chi connectivity index (χ0v) is 16.6. The summed E-state index contributed by atoms with van der Waals surface area (Å²) in [4.78, 5) is 26.7. The van der Waals surface area contributed by atoms with Gasteiger partial charge in [0.05, 0.1) is 5.69 Å². The van der Waals surface area contributed by atoms with Gasteiger partial charge in [-0.1, -0.05) is 18.5 Å². The summed E-state index contributed by atoms with van der Waals surface area (Å²) < 4.78 is 28.2. The third kappa shape index (κ3) is 3.78. The van der Waals surface area contributed by atoms with Gasteiger partial charge >= 0.3 is 0 Å². The standard InChI is InChI=1S/C19H19ClF2N6O/c1-10-3-4-27(18(29)12-5-11(2)25-16(20)6-12)8-13(10)15-7-14(17(21)22)26-19-23-9-24-28(15)19/h5-7,9-10,13,17H,3-4,8H2,1-2H3/t10-,13-/m1/s1. The first-order chi connectivity index (χ1) is 13.8. The van der Waals surface area contributed by atoms with Gasteiger partial charge in [0, 0.05) is 30.3 Å². The van der Waals surface area contributed by atoms with Crippen LogP contribution in [0.2, 0.25) is 5.15 Å². The average Bonchev–Trinajstić information content (AvgIpc) is 3.15. The number of carbonyl (C=O) groups excluding carboxylic acids is 1. The van der Waals surface area contributed by atoms with Crippen LogP contribution in [0, 0.1) is 12.8 Å². The molecule has 0 N–H and O–H groups in total. The SMILES string of the molecule is Cc1cc(C(=O)N2CC[C@@H](C)[C@H](c3cc(C(F)F)nc4ncnn34)C2)cc(Cl)n1. The lowest BCUT2D eigenvalue weighted by molar-refractivity contribution is 0.0665. The summed E-state index contributed by atoms with van der Waals surface area (Å²) in [6.07, 6.45) is -0.690. The number of nitrogens with zero attached hydrogens (tertiary/aromatic N) is 6. The molecule has 1 aliphatic rings. The van der Waals surface area contributed by atoms with Crippen LogP contribution in [0.4, 0.5) is 8.78 Å². The Labute approximate surface area is 170 Å². The highest BCUT2D eigenvalue weighted by Crippen LogP contribution is 2.34. The first-order valence-electron chi connectivity index (χ1n) is 9.25. The van der Waals surface area contributed by atoms with Crippen molar-refractivity contribution in [2.45, 2.75) is 32.6 Å².